The van der Waals surface area contributed by atoms with Gasteiger partial charge in [-0.3, -0.25) is 0 Å². The van der Waals surface area contributed by atoms with Gasteiger partial charge in [0.05, 0.1) is 13.2 Å². The Labute approximate surface area is 106 Å². The van der Waals surface area contributed by atoms with E-state index < -0.39 is 0 Å². The van der Waals surface area contributed by atoms with Gasteiger partial charge in [-0.1, -0.05) is 12.1 Å². The number of methoxy groups -OCH3 is 1. The van der Waals surface area contributed by atoms with Gasteiger partial charge in [0.25, 0.3) is 0 Å². The number of hydrogen-bond donors (Lipinski definition) is 1. The number of ether oxygens (including phenoxy) is 1. The van der Waals surface area contributed by atoms with E-state index in [4.69, 9.17) is 10.5 Å². The molecule has 1 atom stereocenters. The fraction of sp³-hybridized carbons (Fsp3) is 0.286. The first-order chi connectivity index (χ1) is 8.11. The summed E-state index contributed by atoms with van der Waals surface area (Å²) in [5.74, 6) is 0.851. The number of benzene rings is 1. The molecule has 2 aromatic rings. The molecule has 2 N–H and O–H groups in total. The van der Waals surface area contributed by atoms with Crippen molar-refractivity contribution in [3.63, 3.8) is 0 Å². The van der Waals surface area contributed by atoms with Crippen LogP contribution < -0.4 is 10.5 Å². The Morgan fingerprint density at radius 2 is 2.00 bits per heavy atom. The fourth-order valence-electron chi connectivity index (χ4n) is 1.95. The maximum atomic E-state index is 6.31. The molecule has 17 heavy (non-hydrogen) atoms. The van der Waals surface area contributed by atoms with Crippen LogP contribution >= 0.6 is 11.3 Å². The van der Waals surface area contributed by atoms with Crippen molar-refractivity contribution in [1.29, 1.82) is 0 Å². The molecule has 2 nitrogen and oxygen atoms in total. The smallest absolute Gasteiger partial charge is 0.119 e. The first kappa shape index (κ1) is 12.1. The number of hydrogen-bond acceptors (Lipinski definition) is 3. The average Bonchev–Trinajstić information content (AvgIpc) is 2.67. The minimum atomic E-state index is -0.0659. The van der Waals surface area contributed by atoms with Crippen molar-refractivity contribution in [3.8, 4) is 5.75 Å². The molecule has 0 amide bonds. The van der Waals surface area contributed by atoms with Crippen LogP contribution in [0.1, 0.15) is 26.9 Å². The predicted molar refractivity (Wildman–Crippen MR) is 72.8 cm³/mol. The molecule has 2 rings (SSSR count). The molecule has 1 heterocycles. The van der Waals surface area contributed by atoms with Crippen LogP contribution in [0.4, 0.5) is 0 Å². The van der Waals surface area contributed by atoms with Crippen LogP contribution in [0.25, 0.3) is 0 Å². The lowest BCUT2D eigenvalue weighted by atomic mass is 10.0. The van der Waals surface area contributed by atoms with Crippen molar-refractivity contribution in [2.45, 2.75) is 19.9 Å². The Bertz CT molecular complexity index is 519. The summed E-state index contributed by atoms with van der Waals surface area (Å²) in [7, 11) is 1.67. The van der Waals surface area contributed by atoms with E-state index in [1.807, 2.05) is 24.3 Å². The molecule has 0 spiro atoms. The molecule has 0 radical (unpaired) electrons. The molecule has 3 heteroatoms. The quantitative estimate of drug-likeness (QED) is 0.902. The first-order valence-electron chi connectivity index (χ1n) is 5.58. The van der Waals surface area contributed by atoms with Crippen LogP contribution in [0.2, 0.25) is 0 Å². The Morgan fingerprint density at radius 3 is 2.59 bits per heavy atom. The molecule has 1 unspecified atom stereocenters. The van der Waals surface area contributed by atoms with Gasteiger partial charge in [-0.2, -0.15) is 0 Å². The summed E-state index contributed by atoms with van der Waals surface area (Å²) in [6, 6.07) is 10.1. The number of nitrogens with two attached hydrogens (primary N) is 1. The summed E-state index contributed by atoms with van der Waals surface area (Å²) in [6.07, 6.45) is 0. The van der Waals surface area contributed by atoms with Gasteiger partial charge in [-0.25, -0.2) is 0 Å². The Morgan fingerprint density at radius 1 is 1.24 bits per heavy atom. The van der Waals surface area contributed by atoms with E-state index in [9.17, 15) is 0 Å². The minimum Gasteiger partial charge on any atom is -0.497 e. The molecule has 1 aromatic carbocycles. The second-order valence-electron chi connectivity index (χ2n) is 4.16. The number of aryl methyl sites for hydroxylation is 2. The Kier molecular flexibility index (Phi) is 3.50. The standard InChI is InChI=1S/C14H17NOS/c1-9-7-10(2)17-14(9)13(15)11-5-4-6-12(8-11)16-3/h4-8,13H,15H2,1-3H3. The van der Waals surface area contributed by atoms with Gasteiger partial charge in [0.2, 0.25) is 0 Å². The van der Waals surface area contributed by atoms with Crippen LogP contribution in [0.5, 0.6) is 5.75 Å². The number of rotatable bonds is 3. The van der Waals surface area contributed by atoms with Crippen molar-refractivity contribution in [2.75, 3.05) is 7.11 Å². The lowest BCUT2D eigenvalue weighted by Crippen LogP contribution is -2.11. The molecular formula is C14H17NOS. The summed E-state index contributed by atoms with van der Waals surface area (Å²) in [5.41, 5.74) is 8.67. The molecule has 0 fully saturated rings. The third kappa shape index (κ3) is 2.51. The molecule has 0 saturated heterocycles. The third-order valence-electron chi connectivity index (χ3n) is 2.81. The summed E-state index contributed by atoms with van der Waals surface area (Å²) in [4.78, 5) is 2.53. The van der Waals surface area contributed by atoms with Crippen LogP contribution in [-0.2, 0) is 0 Å². The maximum Gasteiger partial charge on any atom is 0.119 e. The Hall–Kier alpha value is -1.32. The molecule has 0 aliphatic carbocycles. The second-order valence-corrected chi connectivity index (χ2v) is 5.45. The van der Waals surface area contributed by atoms with Crippen LogP contribution in [0.15, 0.2) is 30.3 Å². The van der Waals surface area contributed by atoms with E-state index in [0.717, 1.165) is 11.3 Å². The zero-order chi connectivity index (χ0) is 12.4. The molecular weight excluding hydrogens is 230 g/mol. The monoisotopic (exact) mass is 247 g/mol. The van der Waals surface area contributed by atoms with E-state index in [-0.39, 0.29) is 6.04 Å². The molecule has 0 bridgehead atoms. The molecule has 1 aromatic heterocycles. The average molecular weight is 247 g/mol. The SMILES string of the molecule is COc1cccc(C(N)c2sc(C)cc2C)c1. The summed E-state index contributed by atoms with van der Waals surface area (Å²) in [6.45, 7) is 4.22. The number of thiophene rings is 1. The zero-order valence-electron chi connectivity index (χ0n) is 10.4. The van der Waals surface area contributed by atoms with E-state index in [0.29, 0.717) is 0 Å². The molecule has 90 valence electrons. The third-order valence-corrected chi connectivity index (χ3v) is 4.05. The van der Waals surface area contributed by atoms with Gasteiger partial charge in [0, 0.05) is 9.75 Å². The highest BCUT2D eigenvalue weighted by Gasteiger charge is 2.14. The normalized spacial score (nSPS) is 12.5. The minimum absolute atomic E-state index is 0.0659. The Balaban J connectivity index is 2.36. The van der Waals surface area contributed by atoms with Crippen molar-refractivity contribution in [3.05, 3.63) is 51.2 Å². The van der Waals surface area contributed by atoms with Gasteiger partial charge < -0.3 is 10.5 Å². The van der Waals surface area contributed by atoms with E-state index in [1.165, 1.54) is 15.3 Å². The van der Waals surface area contributed by atoms with Gasteiger partial charge >= 0.3 is 0 Å². The van der Waals surface area contributed by atoms with Crippen molar-refractivity contribution >= 4 is 11.3 Å². The zero-order valence-corrected chi connectivity index (χ0v) is 11.2. The summed E-state index contributed by atoms with van der Waals surface area (Å²) < 4.78 is 5.22. The summed E-state index contributed by atoms with van der Waals surface area (Å²) >= 11 is 1.76. The first-order valence-corrected chi connectivity index (χ1v) is 6.40. The van der Waals surface area contributed by atoms with Gasteiger partial charge in [-0.05, 0) is 43.2 Å². The van der Waals surface area contributed by atoms with Crippen molar-refractivity contribution in [2.24, 2.45) is 5.73 Å². The highest BCUT2D eigenvalue weighted by molar-refractivity contribution is 7.12. The van der Waals surface area contributed by atoms with E-state index in [2.05, 4.69) is 19.9 Å². The molecule has 0 aliphatic heterocycles. The predicted octanol–water partition coefficient (Wildman–Crippen LogP) is 3.42. The molecule has 0 aliphatic rings. The van der Waals surface area contributed by atoms with Crippen LogP contribution in [0, 0.1) is 13.8 Å². The van der Waals surface area contributed by atoms with E-state index in [1.54, 1.807) is 18.4 Å². The lowest BCUT2D eigenvalue weighted by molar-refractivity contribution is 0.414. The second kappa shape index (κ2) is 4.90. The van der Waals surface area contributed by atoms with E-state index >= 15 is 0 Å². The highest BCUT2D eigenvalue weighted by Crippen LogP contribution is 2.31. The summed E-state index contributed by atoms with van der Waals surface area (Å²) in [5, 5.41) is 0. The van der Waals surface area contributed by atoms with Gasteiger partial charge in [-0.15, -0.1) is 11.3 Å². The van der Waals surface area contributed by atoms with Gasteiger partial charge in [0.1, 0.15) is 5.75 Å². The van der Waals surface area contributed by atoms with Crippen LogP contribution in [0.3, 0.4) is 0 Å². The van der Waals surface area contributed by atoms with Crippen LogP contribution in [-0.4, -0.2) is 7.11 Å². The van der Waals surface area contributed by atoms with Crippen molar-refractivity contribution in [1.82, 2.24) is 0 Å². The lowest BCUT2D eigenvalue weighted by Gasteiger charge is -2.12. The fourth-order valence-corrected chi connectivity index (χ4v) is 3.02. The highest BCUT2D eigenvalue weighted by atomic mass is 32.1. The largest absolute Gasteiger partial charge is 0.497 e. The maximum absolute atomic E-state index is 6.31. The van der Waals surface area contributed by atoms with Gasteiger partial charge in [0.15, 0.2) is 0 Å². The molecule has 0 saturated carbocycles. The topological polar surface area (TPSA) is 35.2 Å². The van der Waals surface area contributed by atoms with Crippen molar-refractivity contribution < 1.29 is 4.74 Å².